The minimum absolute atomic E-state index is 0.633. The Morgan fingerprint density at radius 1 is 0.373 bits per heavy atom. The van der Waals surface area contributed by atoms with Crippen LogP contribution in [0.15, 0.2) is 217 Å². The molecule has 4 nitrogen and oxygen atoms in total. The Kier molecular flexibility index (Phi) is 7.41. The molecular weight excluding hydrogens is 723 g/mol. The molecule has 0 N–H and O–H groups in total. The minimum Gasteiger partial charge on any atom is -0.456 e. The number of nitrogens with zero attached hydrogens (tertiary/aromatic N) is 1. The van der Waals surface area contributed by atoms with Gasteiger partial charge in [0.25, 0.3) is 0 Å². The molecule has 0 amide bonds. The third-order valence-electron chi connectivity index (χ3n) is 12.0. The summed E-state index contributed by atoms with van der Waals surface area (Å²) in [5, 5.41) is 2.21. The van der Waals surface area contributed by atoms with Crippen LogP contribution in [0.4, 0.5) is 17.1 Å². The van der Waals surface area contributed by atoms with Crippen molar-refractivity contribution in [3.8, 4) is 45.3 Å². The lowest BCUT2D eigenvalue weighted by Gasteiger charge is -2.35. The van der Waals surface area contributed by atoms with Crippen molar-refractivity contribution in [3.63, 3.8) is 0 Å². The molecule has 0 fully saturated rings. The lowest BCUT2D eigenvalue weighted by molar-refractivity contribution is 0.360. The van der Waals surface area contributed by atoms with Crippen molar-refractivity contribution in [1.29, 1.82) is 0 Å². The van der Waals surface area contributed by atoms with Crippen molar-refractivity contribution >= 4 is 39.0 Å². The zero-order valence-electron chi connectivity index (χ0n) is 31.9. The number of ether oxygens (including phenoxy) is 2. The van der Waals surface area contributed by atoms with E-state index in [0.717, 1.165) is 78.3 Å². The molecule has 59 heavy (non-hydrogen) atoms. The van der Waals surface area contributed by atoms with Gasteiger partial charge in [0.1, 0.15) is 11.2 Å². The molecule has 1 unspecified atom stereocenters. The highest BCUT2D eigenvalue weighted by Crippen LogP contribution is 2.62. The van der Waals surface area contributed by atoms with E-state index in [2.05, 4.69) is 181 Å². The molecule has 1 atom stereocenters. The van der Waals surface area contributed by atoms with E-state index in [1.54, 1.807) is 0 Å². The number of fused-ring (bicyclic) bond motifs is 9. The zero-order chi connectivity index (χ0) is 38.9. The summed E-state index contributed by atoms with van der Waals surface area (Å²) >= 11 is 0. The lowest BCUT2D eigenvalue weighted by Crippen LogP contribution is -2.28. The van der Waals surface area contributed by atoms with Gasteiger partial charge in [-0.1, -0.05) is 146 Å². The first-order chi connectivity index (χ1) is 29.2. The van der Waals surface area contributed by atoms with E-state index >= 15 is 0 Å². The topological polar surface area (TPSA) is 34.8 Å². The van der Waals surface area contributed by atoms with E-state index in [0.29, 0.717) is 11.5 Å². The van der Waals surface area contributed by atoms with Gasteiger partial charge in [-0.3, -0.25) is 0 Å². The van der Waals surface area contributed by atoms with Crippen LogP contribution in [0, 0.1) is 0 Å². The normalized spacial score (nSPS) is 14.8. The minimum atomic E-state index is -0.633. The van der Waals surface area contributed by atoms with Crippen LogP contribution in [0.25, 0.3) is 44.2 Å². The first kappa shape index (κ1) is 33.3. The Balaban J connectivity index is 1.05. The fourth-order valence-corrected chi connectivity index (χ4v) is 9.44. The molecule has 0 bridgehead atoms. The monoisotopic (exact) mass is 757 g/mol. The molecule has 10 aromatic rings. The summed E-state index contributed by atoms with van der Waals surface area (Å²) in [4.78, 5) is 2.33. The Hall–Kier alpha value is -7.82. The van der Waals surface area contributed by atoms with Gasteiger partial charge in [0.15, 0.2) is 23.0 Å². The van der Waals surface area contributed by atoms with Gasteiger partial charge in [-0.2, -0.15) is 0 Å². The molecule has 1 aliphatic heterocycles. The Morgan fingerprint density at radius 3 is 1.86 bits per heavy atom. The van der Waals surface area contributed by atoms with Crippen molar-refractivity contribution in [2.24, 2.45) is 0 Å². The van der Waals surface area contributed by atoms with Gasteiger partial charge < -0.3 is 18.8 Å². The first-order valence-electron chi connectivity index (χ1n) is 20.0. The number of hydrogen-bond acceptors (Lipinski definition) is 4. The van der Waals surface area contributed by atoms with E-state index in [1.165, 1.54) is 16.7 Å². The maximum absolute atomic E-state index is 6.74. The van der Waals surface area contributed by atoms with Crippen LogP contribution in [0.2, 0.25) is 0 Å². The SMILES string of the molecule is c1ccc(-c2cccc(N(c3ccc(C4(c5ccccc5)c5ccccc5-c5c4ccc4c5Oc5ccccc5O4)cc3)c3ccc4c(c3)oc3ccccc34)c2)cc1. The quantitative estimate of drug-likeness (QED) is 0.169. The highest BCUT2D eigenvalue weighted by Gasteiger charge is 2.48. The molecule has 12 rings (SSSR count). The van der Waals surface area contributed by atoms with Crippen LogP contribution >= 0.6 is 0 Å². The van der Waals surface area contributed by atoms with E-state index in [9.17, 15) is 0 Å². The lowest BCUT2D eigenvalue weighted by atomic mass is 9.67. The van der Waals surface area contributed by atoms with Crippen LogP contribution in [-0.4, -0.2) is 0 Å². The maximum Gasteiger partial charge on any atom is 0.178 e. The predicted octanol–water partition coefficient (Wildman–Crippen LogP) is 15.0. The number of benzene rings is 9. The number of hydrogen-bond donors (Lipinski definition) is 0. The summed E-state index contributed by atoms with van der Waals surface area (Å²) in [6.07, 6.45) is 0. The average molecular weight is 758 g/mol. The molecule has 2 aliphatic rings. The van der Waals surface area contributed by atoms with Crippen LogP contribution < -0.4 is 14.4 Å². The largest absolute Gasteiger partial charge is 0.456 e. The van der Waals surface area contributed by atoms with Crippen LogP contribution in [-0.2, 0) is 5.41 Å². The van der Waals surface area contributed by atoms with Crippen LogP contribution in [0.3, 0.4) is 0 Å². The molecule has 2 heterocycles. The molecule has 0 spiro atoms. The third kappa shape index (κ3) is 5.10. The third-order valence-corrected chi connectivity index (χ3v) is 12.0. The molecule has 0 radical (unpaired) electrons. The van der Waals surface area contributed by atoms with Gasteiger partial charge in [-0.15, -0.1) is 0 Å². The van der Waals surface area contributed by atoms with Gasteiger partial charge in [-0.05, 0) is 99.6 Å². The van der Waals surface area contributed by atoms with Gasteiger partial charge in [-0.25, -0.2) is 0 Å². The highest BCUT2D eigenvalue weighted by atomic mass is 16.6. The van der Waals surface area contributed by atoms with E-state index in [4.69, 9.17) is 13.9 Å². The van der Waals surface area contributed by atoms with Gasteiger partial charge in [0.05, 0.1) is 5.41 Å². The summed E-state index contributed by atoms with van der Waals surface area (Å²) < 4.78 is 19.6. The molecule has 9 aromatic carbocycles. The fraction of sp³-hybridized carbons (Fsp3) is 0.0182. The maximum atomic E-state index is 6.74. The second kappa shape index (κ2) is 13.1. The van der Waals surface area contributed by atoms with Crippen molar-refractivity contribution in [2.75, 3.05) is 4.90 Å². The highest BCUT2D eigenvalue weighted by molar-refractivity contribution is 6.06. The summed E-state index contributed by atoms with van der Waals surface area (Å²) in [6, 6.07) is 75.0. The van der Waals surface area contributed by atoms with E-state index in [-0.39, 0.29) is 0 Å². The molecular formula is C55H35NO3. The van der Waals surface area contributed by atoms with Crippen molar-refractivity contribution in [1.82, 2.24) is 0 Å². The number of furan rings is 1. The molecule has 1 aromatic heterocycles. The van der Waals surface area contributed by atoms with Crippen molar-refractivity contribution < 1.29 is 13.9 Å². The Bertz CT molecular complexity index is 3220. The predicted molar refractivity (Wildman–Crippen MR) is 238 cm³/mol. The molecule has 278 valence electrons. The number of para-hydroxylation sites is 3. The van der Waals surface area contributed by atoms with Crippen LogP contribution in [0.5, 0.6) is 23.0 Å². The summed E-state index contributed by atoms with van der Waals surface area (Å²) in [7, 11) is 0. The average Bonchev–Trinajstić information content (AvgIpc) is 3.83. The summed E-state index contributed by atoms with van der Waals surface area (Å²) in [6.45, 7) is 0. The van der Waals surface area contributed by atoms with Crippen molar-refractivity contribution in [3.05, 3.63) is 235 Å². The molecule has 0 saturated heterocycles. The Labute approximate surface area is 341 Å². The van der Waals surface area contributed by atoms with Gasteiger partial charge in [0.2, 0.25) is 0 Å². The van der Waals surface area contributed by atoms with Crippen LogP contribution in [0.1, 0.15) is 22.3 Å². The van der Waals surface area contributed by atoms with E-state index < -0.39 is 5.41 Å². The smallest absolute Gasteiger partial charge is 0.178 e. The number of anilines is 3. The van der Waals surface area contributed by atoms with Crippen molar-refractivity contribution in [2.45, 2.75) is 5.41 Å². The zero-order valence-corrected chi connectivity index (χ0v) is 31.9. The molecule has 0 saturated carbocycles. The second-order valence-corrected chi connectivity index (χ2v) is 15.2. The fourth-order valence-electron chi connectivity index (χ4n) is 9.44. The molecule has 4 heteroatoms. The van der Waals surface area contributed by atoms with Gasteiger partial charge >= 0.3 is 0 Å². The summed E-state index contributed by atoms with van der Waals surface area (Å²) in [5.74, 6) is 2.89. The number of rotatable bonds is 6. The van der Waals surface area contributed by atoms with E-state index in [1.807, 2.05) is 36.4 Å². The Morgan fingerprint density at radius 2 is 1.02 bits per heavy atom. The second-order valence-electron chi connectivity index (χ2n) is 15.2. The molecule has 1 aliphatic carbocycles. The first-order valence-corrected chi connectivity index (χ1v) is 20.0. The van der Waals surface area contributed by atoms with Gasteiger partial charge in [0, 0.05) is 39.5 Å². The summed E-state index contributed by atoms with van der Waals surface area (Å²) in [5.41, 5.74) is 13.4. The standard InChI is InChI=1S/C55H35NO3/c1-3-14-36(15-4-1)37-16-13-19-41(34-37)56(42-30-31-44-43-20-8-10-23-48(43)57-52(44)35-42)40-28-26-39(27-29-40)55(38-17-5-2-6-18-38)46-22-9-7-21-45(46)53-47(55)32-33-51-54(53)59-50-25-12-11-24-49(50)58-51/h1-35H.